The Morgan fingerprint density at radius 3 is 2.84 bits per heavy atom. The number of aryl methyl sites for hydroxylation is 1. The summed E-state index contributed by atoms with van der Waals surface area (Å²) < 4.78 is 0. The fourth-order valence-corrected chi connectivity index (χ4v) is 2.78. The third kappa shape index (κ3) is 2.47. The van der Waals surface area contributed by atoms with Gasteiger partial charge in [-0.3, -0.25) is 4.98 Å². The number of fused-ring (bicyclic) bond motifs is 1. The van der Waals surface area contributed by atoms with Gasteiger partial charge in [0.05, 0.1) is 11.9 Å². The van der Waals surface area contributed by atoms with Gasteiger partial charge in [0.25, 0.3) is 0 Å². The van der Waals surface area contributed by atoms with E-state index in [0.717, 1.165) is 19.5 Å². The van der Waals surface area contributed by atoms with Crippen molar-refractivity contribution in [3.8, 4) is 0 Å². The highest BCUT2D eigenvalue weighted by atomic mass is 15.1. The number of nitrogens with two attached hydrogens (primary N) is 1. The second-order valence-electron chi connectivity index (χ2n) is 5.00. The lowest BCUT2D eigenvalue weighted by Crippen LogP contribution is -2.24. The number of pyridine rings is 1. The summed E-state index contributed by atoms with van der Waals surface area (Å²) >= 11 is 0. The van der Waals surface area contributed by atoms with E-state index in [2.05, 4.69) is 34.1 Å². The molecule has 1 aromatic carbocycles. The maximum atomic E-state index is 5.84. The Balaban J connectivity index is 1.94. The summed E-state index contributed by atoms with van der Waals surface area (Å²) in [7, 11) is 0. The second-order valence-corrected chi connectivity index (χ2v) is 5.00. The first-order valence-electron chi connectivity index (χ1n) is 6.83. The van der Waals surface area contributed by atoms with E-state index in [0.29, 0.717) is 6.54 Å². The quantitative estimate of drug-likeness (QED) is 0.894. The molecule has 0 atom stereocenters. The van der Waals surface area contributed by atoms with E-state index in [1.807, 2.05) is 18.5 Å². The Morgan fingerprint density at radius 2 is 2.00 bits per heavy atom. The minimum Gasteiger partial charge on any atom is -0.366 e. The van der Waals surface area contributed by atoms with Crippen molar-refractivity contribution in [2.24, 2.45) is 5.73 Å². The summed E-state index contributed by atoms with van der Waals surface area (Å²) in [6.45, 7) is 2.58. The summed E-state index contributed by atoms with van der Waals surface area (Å²) in [5.74, 6) is 0. The van der Waals surface area contributed by atoms with Gasteiger partial charge in [0, 0.05) is 25.8 Å². The number of nitrogens with zero attached hydrogens (tertiary/aromatic N) is 2. The van der Waals surface area contributed by atoms with Crippen LogP contribution in [0.15, 0.2) is 42.7 Å². The van der Waals surface area contributed by atoms with Crippen LogP contribution in [0.4, 0.5) is 5.69 Å². The Kier molecular flexibility index (Phi) is 3.47. The number of hydrogen-bond acceptors (Lipinski definition) is 3. The average Bonchev–Trinajstić information content (AvgIpc) is 2.69. The van der Waals surface area contributed by atoms with Crippen LogP contribution in [0, 0.1) is 0 Å². The van der Waals surface area contributed by atoms with Gasteiger partial charge in [-0.2, -0.15) is 0 Å². The summed E-state index contributed by atoms with van der Waals surface area (Å²) in [5, 5.41) is 0. The second kappa shape index (κ2) is 5.41. The highest BCUT2D eigenvalue weighted by Crippen LogP contribution is 2.25. The third-order valence-corrected chi connectivity index (χ3v) is 3.80. The third-order valence-electron chi connectivity index (χ3n) is 3.80. The van der Waals surface area contributed by atoms with E-state index in [9.17, 15) is 0 Å². The predicted molar refractivity (Wildman–Crippen MR) is 77.9 cm³/mol. The maximum Gasteiger partial charge on any atom is 0.0601 e. The Bertz CT molecular complexity index is 565. The molecule has 0 saturated carbocycles. The molecule has 0 spiro atoms. The molecule has 0 bridgehead atoms. The SMILES string of the molecule is NCc1ccncc1N1CCCc2ccccc2C1. The van der Waals surface area contributed by atoms with Crippen LogP contribution in [0.3, 0.4) is 0 Å². The molecule has 2 N–H and O–H groups in total. The van der Waals surface area contributed by atoms with Gasteiger partial charge in [-0.15, -0.1) is 0 Å². The van der Waals surface area contributed by atoms with Gasteiger partial charge in [-0.1, -0.05) is 24.3 Å². The molecule has 3 rings (SSSR count). The van der Waals surface area contributed by atoms with Crippen LogP contribution in [0.2, 0.25) is 0 Å². The highest BCUT2D eigenvalue weighted by Gasteiger charge is 2.16. The summed E-state index contributed by atoms with van der Waals surface area (Å²) in [6, 6.07) is 10.7. The summed E-state index contributed by atoms with van der Waals surface area (Å²) in [6.07, 6.45) is 6.09. The van der Waals surface area contributed by atoms with Crippen molar-refractivity contribution in [3.05, 3.63) is 59.4 Å². The van der Waals surface area contributed by atoms with Crippen LogP contribution in [0.5, 0.6) is 0 Å². The summed E-state index contributed by atoms with van der Waals surface area (Å²) in [5.41, 5.74) is 11.1. The van der Waals surface area contributed by atoms with Crippen molar-refractivity contribution in [2.75, 3.05) is 11.4 Å². The van der Waals surface area contributed by atoms with Gasteiger partial charge in [-0.05, 0) is 35.6 Å². The number of aromatic nitrogens is 1. The van der Waals surface area contributed by atoms with E-state index in [1.165, 1.54) is 28.8 Å². The van der Waals surface area contributed by atoms with Gasteiger partial charge < -0.3 is 10.6 Å². The lowest BCUT2D eigenvalue weighted by atomic mass is 10.0. The minimum absolute atomic E-state index is 0.565. The Hall–Kier alpha value is -1.87. The van der Waals surface area contributed by atoms with Crippen LogP contribution in [0.1, 0.15) is 23.1 Å². The van der Waals surface area contributed by atoms with Gasteiger partial charge in [0.2, 0.25) is 0 Å². The average molecular weight is 253 g/mol. The zero-order valence-corrected chi connectivity index (χ0v) is 11.0. The van der Waals surface area contributed by atoms with Crippen molar-refractivity contribution in [1.29, 1.82) is 0 Å². The van der Waals surface area contributed by atoms with Crippen molar-refractivity contribution in [1.82, 2.24) is 4.98 Å². The number of rotatable bonds is 2. The molecule has 3 heteroatoms. The fourth-order valence-electron chi connectivity index (χ4n) is 2.78. The van der Waals surface area contributed by atoms with Gasteiger partial charge >= 0.3 is 0 Å². The normalized spacial score (nSPS) is 14.9. The number of benzene rings is 1. The first kappa shape index (κ1) is 12.2. The van der Waals surface area contributed by atoms with E-state index >= 15 is 0 Å². The number of hydrogen-bond donors (Lipinski definition) is 1. The predicted octanol–water partition coefficient (Wildman–Crippen LogP) is 2.49. The fraction of sp³-hybridized carbons (Fsp3) is 0.312. The van der Waals surface area contributed by atoms with Crippen LogP contribution < -0.4 is 10.6 Å². The smallest absolute Gasteiger partial charge is 0.0601 e. The van der Waals surface area contributed by atoms with E-state index in [1.54, 1.807) is 0 Å². The largest absolute Gasteiger partial charge is 0.366 e. The van der Waals surface area contributed by atoms with Crippen molar-refractivity contribution in [3.63, 3.8) is 0 Å². The van der Waals surface area contributed by atoms with Crippen molar-refractivity contribution < 1.29 is 0 Å². The van der Waals surface area contributed by atoms with E-state index in [4.69, 9.17) is 5.73 Å². The van der Waals surface area contributed by atoms with Crippen LogP contribution in [-0.4, -0.2) is 11.5 Å². The highest BCUT2D eigenvalue weighted by molar-refractivity contribution is 5.53. The van der Waals surface area contributed by atoms with Crippen LogP contribution >= 0.6 is 0 Å². The first-order chi connectivity index (χ1) is 9.38. The number of anilines is 1. The zero-order valence-electron chi connectivity index (χ0n) is 11.0. The maximum absolute atomic E-state index is 5.84. The van der Waals surface area contributed by atoms with Crippen molar-refractivity contribution >= 4 is 5.69 Å². The molecule has 0 amide bonds. The lowest BCUT2D eigenvalue weighted by Gasteiger charge is -2.25. The zero-order chi connectivity index (χ0) is 13.1. The molecule has 0 saturated heterocycles. The lowest BCUT2D eigenvalue weighted by molar-refractivity contribution is 0.758. The van der Waals surface area contributed by atoms with E-state index < -0.39 is 0 Å². The topological polar surface area (TPSA) is 42.1 Å². The minimum atomic E-state index is 0.565. The standard InChI is InChI=1S/C16H19N3/c17-10-14-7-8-18-11-16(14)19-9-3-6-13-4-1-2-5-15(13)12-19/h1-2,4-5,7-8,11H,3,6,9-10,12,17H2. The monoisotopic (exact) mass is 253 g/mol. The molecule has 19 heavy (non-hydrogen) atoms. The summed E-state index contributed by atoms with van der Waals surface area (Å²) in [4.78, 5) is 6.66. The first-order valence-corrected chi connectivity index (χ1v) is 6.83. The molecule has 1 aliphatic heterocycles. The van der Waals surface area contributed by atoms with Crippen LogP contribution in [-0.2, 0) is 19.5 Å². The van der Waals surface area contributed by atoms with Crippen LogP contribution in [0.25, 0.3) is 0 Å². The molecule has 98 valence electrons. The molecule has 2 aromatic rings. The van der Waals surface area contributed by atoms with Gasteiger partial charge in [0.15, 0.2) is 0 Å². The molecule has 0 unspecified atom stereocenters. The Labute approximate surface area is 114 Å². The molecule has 0 aliphatic carbocycles. The van der Waals surface area contributed by atoms with E-state index in [-0.39, 0.29) is 0 Å². The molecular weight excluding hydrogens is 234 g/mol. The molecule has 2 heterocycles. The Morgan fingerprint density at radius 1 is 1.16 bits per heavy atom. The van der Waals surface area contributed by atoms with Gasteiger partial charge in [0.1, 0.15) is 0 Å². The molecule has 1 aliphatic rings. The van der Waals surface area contributed by atoms with Gasteiger partial charge in [-0.25, -0.2) is 0 Å². The molecule has 1 aromatic heterocycles. The molecular formula is C16H19N3. The molecule has 3 nitrogen and oxygen atoms in total. The van der Waals surface area contributed by atoms with Crippen molar-refractivity contribution in [2.45, 2.75) is 25.9 Å². The molecule has 0 fully saturated rings. The molecule has 0 radical (unpaired) electrons.